The van der Waals surface area contributed by atoms with Crippen molar-refractivity contribution in [1.82, 2.24) is 0 Å². The molecule has 1 aliphatic heterocycles. The maximum Gasteiger partial charge on any atom is 0.335 e. The fraction of sp³-hybridized carbons (Fsp3) is 0.100. The number of allylic oxidation sites excluding steroid dienone is 2. The standard InChI is InChI=1S/C40H25Cl2NO5/c41-28-18-14-26(15-19-28)39-31(23-8-3-1-4-9-23)32(24-10-5-2-6-11-24)40(38(39)48,27-16-20-29(42)21-17-27)34-33(39)35(44)43(36(34)45)30-13-7-12-25(22-30)37(46)47/h1-22,33-34H,(H,46,47)/t33-,34-,39-,40+/m1/s1. The van der Waals surface area contributed by atoms with Gasteiger partial charge in [-0.2, -0.15) is 0 Å². The van der Waals surface area contributed by atoms with Crippen molar-refractivity contribution in [2.24, 2.45) is 11.8 Å². The van der Waals surface area contributed by atoms with Crippen molar-refractivity contribution in [3.05, 3.63) is 171 Å². The van der Waals surface area contributed by atoms with Crippen molar-refractivity contribution >= 4 is 63.6 Å². The van der Waals surface area contributed by atoms with Gasteiger partial charge in [0.25, 0.3) is 0 Å². The number of hydrogen-bond donors (Lipinski definition) is 1. The minimum Gasteiger partial charge on any atom is -0.478 e. The predicted molar refractivity (Wildman–Crippen MR) is 184 cm³/mol. The van der Waals surface area contributed by atoms with E-state index in [4.69, 9.17) is 23.2 Å². The highest BCUT2D eigenvalue weighted by atomic mass is 35.5. The summed E-state index contributed by atoms with van der Waals surface area (Å²) in [5.41, 5.74) is 0.648. The Balaban J connectivity index is 1.54. The van der Waals surface area contributed by atoms with Crippen molar-refractivity contribution in [1.29, 1.82) is 0 Å². The SMILES string of the molecule is O=C(O)c1cccc(N2C(=O)[C@H]3[C@H](C2=O)[C@]2(c4ccc(Cl)cc4)C(=O)[C@@]3(c3ccc(Cl)cc3)C(c3ccccc3)=C2c2ccccc2)c1. The van der Waals surface area contributed by atoms with Crippen molar-refractivity contribution < 1.29 is 24.3 Å². The van der Waals surface area contributed by atoms with Gasteiger partial charge in [0.15, 0.2) is 5.78 Å². The predicted octanol–water partition coefficient (Wildman–Crippen LogP) is 7.88. The number of anilines is 1. The molecule has 2 fully saturated rings. The first-order chi connectivity index (χ1) is 23.2. The summed E-state index contributed by atoms with van der Waals surface area (Å²) in [7, 11) is 0. The summed E-state index contributed by atoms with van der Waals surface area (Å²) in [6.45, 7) is 0. The average molecular weight is 671 g/mol. The quantitative estimate of drug-likeness (QED) is 0.186. The Kier molecular flexibility index (Phi) is 6.81. The molecule has 0 spiro atoms. The Morgan fingerprint density at radius 3 is 1.44 bits per heavy atom. The Morgan fingerprint density at radius 2 is 1.02 bits per heavy atom. The zero-order valence-electron chi connectivity index (χ0n) is 25.1. The lowest BCUT2D eigenvalue weighted by atomic mass is 9.59. The van der Waals surface area contributed by atoms with E-state index in [1.807, 2.05) is 60.7 Å². The third-order valence-electron chi connectivity index (χ3n) is 10.1. The van der Waals surface area contributed by atoms with Crippen LogP contribution in [0.3, 0.4) is 0 Å². The molecular formula is C40H25Cl2NO5. The Labute approximate surface area is 285 Å². The van der Waals surface area contributed by atoms with Crippen LogP contribution in [-0.2, 0) is 25.2 Å². The molecule has 2 bridgehead atoms. The van der Waals surface area contributed by atoms with E-state index in [0.717, 1.165) is 16.0 Å². The summed E-state index contributed by atoms with van der Waals surface area (Å²) in [6.07, 6.45) is 0. The third kappa shape index (κ3) is 3.87. The lowest BCUT2D eigenvalue weighted by Gasteiger charge is -2.39. The van der Waals surface area contributed by atoms with Gasteiger partial charge in [0.1, 0.15) is 0 Å². The first-order valence-electron chi connectivity index (χ1n) is 15.4. The Morgan fingerprint density at radius 1 is 0.583 bits per heavy atom. The van der Waals surface area contributed by atoms with Crippen molar-refractivity contribution in [2.45, 2.75) is 10.8 Å². The van der Waals surface area contributed by atoms with Crippen LogP contribution in [0.2, 0.25) is 10.0 Å². The molecule has 234 valence electrons. The van der Waals surface area contributed by atoms with E-state index in [9.17, 15) is 9.90 Å². The van der Waals surface area contributed by atoms with Crippen molar-refractivity contribution in [3.8, 4) is 0 Å². The molecule has 5 aromatic rings. The summed E-state index contributed by atoms with van der Waals surface area (Å²) in [4.78, 5) is 59.0. The number of carbonyl (C=O) groups is 4. The van der Waals surface area contributed by atoms with Gasteiger partial charge in [0.2, 0.25) is 11.8 Å². The Bertz CT molecular complexity index is 2070. The molecule has 8 heteroatoms. The number of nitrogens with zero attached hydrogens (tertiary/aromatic N) is 1. The normalized spacial score (nSPS) is 24.4. The largest absolute Gasteiger partial charge is 0.478 e. The van der Waals surface area contributed by atoms with E-state index < -0.39 is 40.4 Å². The summed E-state index contributed by atoms with van der Waals surface area (Å²) < 4.78 is 0. The van der Waals surface area contributed by atoms with Crippen LogP contribution >= 0.6 is 23.2 Å². The molecule has 5 aromatic carbocycles. The number of amides is 2. The molecule has 0 radical (unpaired) electrons. The fourth-order valence-electron chi connectivity index (χ4n) is 8.39. The highest BCUT2D eigenvalue weighted by Crippen LogP contribution is 2.74. The first-order valence-corrected chi connectivity index (χ1v) is 16.1. The van der Waals surface area contributed by atoms with Crippen LogP contribution in [0, 0.1) is 11.8 Å². The number of carbonyl (C=O) groups excluding carboxylic acids is 3. The number of carboxylic acids is 1. The molecule has 4 atom stereocenters. The number of Topliss-reactive ketones (excluding diaryl/α,β-unsaturated/α-hetero) is 1. The molecule has 1 N–H and O–H groups in total. The second kappa shape index (κ2) is 10.9. The molecule has 1 saturated heterocycles. The van der Waals surface area contributed by atoms with Crippen molar-refractivity contribution in [3.63, 3.8) is 0 Å². The van der Waals surface area contributed by atoms with E-state index in [2.05, 4.69) is 0 Å². The van der Waals surface area contributed by atoms with Crippen LogP contribution in [0.4, 0.5) is 5.69 Å². The summed E-state index contributed by atoms with van der Waals surface area (Å²) in [6, 6.07) is 38.5. The van der Waals surface area contributed by atoms with Gasteiger partial charge in [0.05, 0.1) is 33.9 Å². The van der Waals surface area contributed by atoms with Crippen LogP contribution < -0.4 is 4.90 Å². The van der Waals surface area contributed by atoms with Gasteiger partial charge < -0.3 is 5.11 Å². The van der Waals surface area contributed by atoms with Gasteiger partial charge in [-0.15, -0.1) is 0 Å². The number of fused-ring (bicyclic) bond motifs is 5. The van der Waals surface area contributed by atoms with Gasteiger partial charge in [-0.1, -0.05) is 114 Å². The molecule has 8 rings (SSSR count). The van der Waals surface area contributed by atoms with Crippen LogP contribution in [0.1, 0.15) is 32.6 Å². The lowest BCUT2D eigenvalue weighted by molar-refractivity contribution is -0.130. The molecule has 2 aliphatic carbocycles. The summed E-state index contributed by atoms with van der Waals surface area (Å²) >= 11 is 12.8. The van der Waals surface area contributed by atoms with Crippen LogP contribution in [-0.4, -0.2) is 28.7 Å². The summed E-state index contributed by atoms with van der Waals surface area (Å²) in [5.74, 6) is -4.95. The number of carboxylic acid groups (broad SMARTS) is 1. The number of hydrogen-bond acceptors (Lipinski definition) is 4. The highest BCUT2D eigenvalue weighted by molar-refractivity contribution is 6.39. The second-order valence-electron chi connectivity index (χ2n) is 12.3. The zero-order chi connectivity index (χ0) is 33.4. The number of halogens is 2. The lowest BCUT2D eigenvalue weighted by Crippen LogP contribution is -2.45. The van der Waals surface area contributed by atoms with Crippen LogP contribution in [0.15, 0.2) is 133 Å². The van der Waals surface area contributed by atoms with E-state index in [-0.39, 0.29) is 17.0 Å². The zero-order valence-corrected chi connectivity index (χ0v) is 26.7. The van der Waals surface area contributed by atoms with Gasteiger partial charge in [-0.3, -0.25) is 14.4 Å². The first kappa shape index (κ1) is 30.1. The molecule has 1 saturated carbocycles. The summed E-state index contributed by atoms with van der Waals surface area (Å²) in [5, 5.41) is 10.7. The molecule has 6 nitrogen and oxygen atoms in total. The van der Waals surface area contributed by atoms with Gasteiger partial charge in [-0.25, -0.2) is 9.69 Å². The Hall–Kier alpha value is -5.30. The number of rotatable bonds is 6. The van der Waals surface area contributed by atoms with E-state index in [1.54, 1.807) is 54.6 Å². The van der Waals surface area contributed by atoms with Gasteiger partial charge in [-0.05, 0) is 75.9 Å². The number of imide groups is 1. The van der Waals surface area contributed by atoms with Crippen molar-refractivity contribution in [2.75, 3.05) is 4.90 Å². The highest BCUT2D eigenvalue weighted by Gasteiger charge is 2.82. The third-order valence-corrected chi connectivity index (χ3v) is 10.6. The molecule has 3 aliphatic rings. The fourth-order valence-corrected chi connectivity index (χ4v) is 8.64. The van der Waals surface area contributed by atoms with Crippen LogP contribution in [0.25, 0.3) is 11.1 Å². The molecule has 48 heavy (non-hydrogen) atoms. The molecule has 2 amide bonds. The molecule has 0 unspecified atom stereocenters. The van der Waals surface area contributed by atoms with E-state index in [1.165, 1.54) is 18.2 Å². The van der Waals surface area contributed by atoms with Crippen LogP contribution in [0.5, 0.6) is 0 Å². The minimum atomic E-state index is -1.62. The minimum absolute atomic E-state index is 0.0721. The average Bonchev–Trinajstić information content (AvgIpc) is 3.61. The molecule has 0 aromatic heterocycles. The monoisotopic (exact) mass is 669 g/mol. The molecule has 1 heterocycles. The number of aromatic carboxylic acids is 1. The molecular weight excluding hydrogens is 645 g/mol. The second-order valence-corrected chi connectivity index (χ2v) is 13.1. The number of ketones is 1. The number of benzene rings is 5. The maximum atomic E-state index is 15.9. The topological polar surface area (TPSA) is 91.8 Å². The van der Waals surface area contributed by atoms with Gasteiger partial charge in [0, 0.05) is 10.0 Å². The van der Waals surface area contributed by atoms with Gasteiger partial charge >= 0.3 is 5.97 Å². The van der Waals surface area contributed by atoms with E-state index >= 15 is 14.4 Å². The smallest absolute Gasteiger partial charge is 0.335 e. The maximum absolute atomic E-state index is 15.9. The van der Waals surface area contributed by atoms with E-state index in [0.29, 0.717) is 32.3 Å².